The maximum atomic E-state index is 4.03. The number of hydrogen-bond acceptors (Lipinski definition) is 3. The Bertz CT molecular complexity index is 467. The number of rotatable bonds is 3. The van der Waals surface area contributed by atoms with Crippen LogP contribution in [-0.4, -0.2) is 14.8 Å². The van der Waals surface area contributed by atoms with E-state index >= 15 is 0 Å². The second-order valence-corrected chi connectivity index (χ2v) is 4.09. The van der Waals surface area contributed by atoms with E-state index in [1.165, 1.54) is 11.1 Å². The van der Waals surface area contributed by atoms with Gasteiger partial charge in [0, 0.05) is 12.7 Å². The Hall–Kier alpha value is -1.84. The summed E-state index contributed by atoms with van der Waals surface area (Å²) in [6.45, 7) is 4.89. The van der Waals surface area contributed by atoms with Crippen LogP contribution in [0.5, 0.6) is 0 Å². The molecule has 0 aliphatic carbocycles. The number of benzene rings is 1. The SMILES string of the molecule is Cc1cc(C)cc(NCc2nncn2C)c1. The zero-order valence-electron chi connectivity index (χ0n) is 9.86. The Balaban J connectivity index is 2.07. The van der Waals surface area contributed by atoms with Gasteiger partial charge in [0.05, 0.1) is 6.54 Å². The third-order valence-electron chi connectivity index (χ3n) is 2.48. The van der Waals surface area contributed by atoms with Gasteiger partial charge in [-0.05, 0) is 37.1 Å². The van der Waals surface area contributed by atoms with Crippen LogP contribution < -0.4 is 5.32 Å². The van der Waals surface area contributed by atoms with Crippen molar-refractivity contribution in [2.45, 2.75) is 20.4 Å². The van der Waals surface area contributed by atoms with Crippen molar-refractivity contribution in [3.05, 3.63) is 41.5 Å². The van der Waals surface area contributed by atoms with Gasteiger partial charge >= 0.3 is 0 Å². The first-order valence-electron chi connectivity index (χ1n) is 5.30. The number of hydrogen-bond donors (Lipinski definition) is 1. The Kier molecular flexibility index (Phi) is 2.90. The number of anilines is 1. The van der Waals surface area contributed by atoms with Crippen molar-refractivity contribution in [2.75, 3.05) is 5.32 Å². The second kappa shape index (κ2) is 4.35. The highest BCUT2D eigenvalue weighted by Gasteiger charge is 2.00. The highest BCUT2D eigenvalue weighted by molar-refractivity contribution is 5.48. The van der Waals surface area contributed by atoms with Crippen LogP contribution in [0.25, 0.3) is 0 Å². The minimum Gasteiger partial charge on any atom is -0.378 e. The molecule has 0 unspecified atom stereocenters. The summed E-state index contributed by atoms with van der Waals surface area (Å²) in [6.07, 6.45) is 1.71. The summed E-state index contributed by atoms with van der Waals surface area (Å²) in [5.41, 5.74) is 3.65. The van der Waals surface area contributed by atoms with Gasteiger partial charge in [0.15, 0.2) is 5.82 Å². The van der Waals surface area contributed by atoms with E-state index in [9.17, 15) is 0 Å². The Labute approximate surface area is 95.3 Å². The highest BCUT2D eigenvalue weighted by atomic mass is 15.3. The van der Waals surface area contributed by atoms with Crippen LogP contribution in [0.15, 0.2) is 24.5 Å². The van der Waals surface area contributed by atoms with E-state index in [0.29, 0.717) is 6.54 Å². The normalized spacial score (nSPS) is 10.4. The number of nitrogens with one attached hydrogen (secondary N) is 1. The predicted octanol–water partition coefficient (Wildman–Crippen LogP) is 2.04. The van der Waals surface area contributed by atoms with Crippen LogP contribution in [0.4, 0.5) is 5.69 Å². The minimum atomic E-state index is 0.694. The lowest BCUT2D eigenvalue weighted by Gasteiger charge is -2.07. The van der Waals surface area contributed by atoms with E-state index in [1.807, 2.05) is 11.6 Å². The molecule has 0 atom stereocenters. The van der Waals surface area contributed by atoms with Gasteiger partial charge in [-0.15, -0.1) is 10.2 Å². The molecule has 16 heavy (non-hydrogen) atoms. The summed E-state index contributed by atoms with van der Waals surface area (Å²) in [5, 5.41) is 11.2. The van der Waals surface area contributed by atoms with Crippen LogP contribution >= 0.6 is 0 Å². The molecule has 1 N–H and O–H groups in total. The van der Waals surface area contributed by atoms with E-state index in [1.54, 1.807) is 6.33 Å². The molecule has 0 aliphatic rings. The molecule has 84 valence electrons. The van der Waals surface area contributed by atoms with Crippen molar-refractivity contribution in [1.29, 1.82) is 0 Å². The fourth-order valence-electron chi connectivity index (χ4n) is 1.73. The van der Waals surface area contributed by atoms with E-state index < -0.39 is 0 Å². The fraction of sp³-hybridized carbons (Fsp3) is 0.333. The van der Waals surface area contributed by atoms with Gasteiger partial charge in [-0.3, -0.25) is 0 Å². The number of aromatic nitrogens is 3. The van der Waals surface area contributed by atoms with Crippen LogP contribution in [-0.2, 0) is 13.6 Å². The molecule has 0 bridgehead atoms. The summed E-state index contributed by atoms with van der Waals surface area (Å²) in [5.74, 6) is 0.930. The molecule has 2 aromatic rings. The molecule has 0 radical (unpaired) electrons. The standard InChI is InChI=1S/C12H16N4/c1-9-4-10(2)6-11(5-9)13-7-12-15-14-8-16(12)3/h4-6,8,13H,7H2,1-3H3. The molecule has 4 heteroatoms. The molecule has 0 fully saturated rings. The fourth-order valence-corrected chi connectivity index (χ4v) is 1.73. The molecule has 1 heterocycles. The van der Waals surface area contributed by atoms with Crippen molar-refractivity contribution < 1.29 is 0 Å². The maximum Gasteiger partial charge on any atom is 0.151 e. The third-order valence-corrected chi connectivity index (χ3v) is 2.48. The third kappa shape index (κ3) is 2.39. The van der Waals surface area contributed by atoms with Crippen molar-refractivity contribution in [1.82, 2.24) is 14.8 Å². The van der Waals surface area contributed by atoms with Gasteiger partial charge in [0.2, 0.25) is 0 Å². The van der Waals surface area contributed by atoms with E-state index in [-0.39, 0.29) is 0 Å². The molecule has 1 aromatic carbocycles. The van der Waals surface area contributed by atoms with Gasteiger partial charge in [-0.1, -0.05) is 6.07 Å². The first-order valence-corrected chi connectivity index (χ1v) is 5.30. The predicted molar refractivity (Wildman–Crippen MR) is 64.2 cm³/mol. The van der Waals surface area contributed by atoms with Crippen molar-refractivity contribution in [3.63, 3.8) is 0 Å². The largest absolute Gasteiger partial charge is 0.378 e. The molecular weight excluding hydrogens is 200 g/mol. The maximum absolute atomic E-state index is 4.03. The first kappa shape index (κ1) is 10.7. The quantitative estimate of drug-likeness (QED) is 0.853. The molecule has 0 spiro atoms. The molecule has 1 aromatic heterocycles. The molecule has 0 saturated heterocycles. The summed E-state index contributed by atoms with van der Waals surface area (Å²) < 4.78 is 1.91. The zero-order valence-corrected chi connectivity index (χ0v) is 9.86. The van der Waals surface area contributed by atoms with Gasteiger partial charge in [-0.2, -0.15) is 0 Å². The number of nitrogens with zero attached hydrogens (tertiary/aromatic N) is 3. The first-order chi connectivity index (χ1) is 7.65. The molecule has 0 saturated carbocycles. The Morgan fingerprint density at radius 1 is 1.19 bits per heavy atom. The van der Waals surface area contributed by atoms with Gasteiger partial charge in [-0.25, -0.2) is 0 Å². The second-order valence-electron chi connectivity index (χ2n) is 4.09. The Morgan fingerprint density at radius 2 is 1.88 bits per heavy atom. The van der Waals surface area contributed by atoms with Gasteiger partial charge in [0.1, 0.15) is 6.33 Å². The molecule has 2 rings (SSSR count). The Morgan fingerprint density at radius 3 is 2.44 bits per heavy atom. The van der Waals surface area contributed by atoms with Crippen molar-refractivity contribution >= 4 is 5.69 Å². The van der Waals surface area contributed by atoms with Crippen LogP contribution in [0.3, 0.4) is 0 Å². The molecule has 0 amide bonds. The van der Waals surface area contributed by atoms with Crippen LogP contribution in [0.1, 0.15) is 17.0 Å². The van der Waals surface area contributed by atoms with Crippen LogP contribution in [0.2, 0.25) is 0 Å². The lowest BCUT2D eigenvalue weighted by atomic mass is 10.1. The zero-order chi connectivity index (χ0) is 11.5. The smallest absolute Gasteiger partial charge is 0.151 e. The summed E-state index contributed by atoms with van der Waals surface area (Å²) in [4.78, 5) is 0. The molecular formula is C12H16N4. The summed E-state index contributed by atoms with van der Waals surface area (Å²) >= 11 is 0. The van der Waals surface area contributed by atoms with Crippen molar-refractivity contribution in [3.8, 4) is 0 Å². The number of aryl methyl sites for hydroxylation is 3. The lowest BCUT2D eigenvalue weighted by molar-refractivity contribution is 0.812. The molecule has 4 nitrogen and oxygen atoms in total. The van der Waals surface area contributed by atoms with E-state index in [2.05, 4.69) is 47.6 Å². The van der Waals surface area contributed by atoms with Gasteiger partial charge < -0.3 is 9.88 Å². The van der Waals surface area contributed by atoms with E-state index in [0.717, 1.165) is 11.5 Å². The monoisotopic (exact) mass is 216 g/mol. The minimum absolute atomic E-state index is 0.694. The average molecular weight is 216 g/mol. The summed E-state index contributed by atoms with van der Waals surface area (Å²) in [7, 11) is 1.94. The lowest BCUT2D eigenvalue weighted by Crippen LogP contribution is -2.05. The van der Waals surface area contributed by atoms with Crippen molar-refractivity contribution in [2.24, 2.45) is 7.05 Å². The topological polar surface area (TPSA) is 42.7 Å². The van der Waals surface area contributed by atoms with Crippen LogP contribution in [0, 0.1) is 13.8 Å². The van der Waals surface area contributed by atoms with Gasteiger partial charge in [0.25, 0.3) is 0 Å². The molecule has 0 aliphatic heterocycles. The summed E-state index contributed by atoms with van der Waals surface area (Å²) in [6, 6.07) is 6.42. The van der Waals surface area contributed by atoms with E-state index in [4.69, 9.17) is 0 Å². The average Bonchev–Trinajstić information content (AvgIpc) is 2.59. The highest BCUT2D eigenvalue weighted by Crippen LogP contribution is 2.14.